The first-order valence-electron chi connectivity index (χ1n) is 5.22. The van der Waals surface area contributed by atoms with Crippen LogP contribution < -0.4 is 0 Å². The molecule has 2 aromatic rings. The maximum absolute atomic E-state index is 12.1. The molecule has 1 heterocycles. The Bertz CT molecular complexity index is 666. The molecule has 5 heteroatoms. The molecule has 0 aliphatic heterocycles. The highest BCUT2D eigenvalue weighted by Gasteiger charge is 2.06. The van der Waals surface area contributed by atoms with Gasteiger partial charge in [-0.1, -0.05) is 35.9 Å². The van der Waals surface area contributed by atoms with E-state index in [1.54, 1.807) is 36.4 Å². The van der Waals surface area contributed by atoms with Crippen LogP contribution in [0.15, 0.2) is 59.1 Å². The molecule has 2 rings (SSSR count). The average Bonchev–Trinajstić information content (AvgIpc) is 2.39. The summed E-state index contributed by atoms with van der Waals surface area (Å²) in [5, 5.41) is 2.13. The molecule has 0 aliphatic carbocycles. The van der Waals surface area contributed by atoms with Gasteiger partial charge >= 0.3 is 0 Å². The quantitative estimate of drug-likeness (QED) is 0.928. The summed E-state index contributed by atoms with van der Waals surface area (Å²) >= 11 is 5.98. The molecule has 0 radical (unpaired) electrons. The van der Waals surface area contributed by atoms with Gasteiger partial charge in [0.15, 0.2) is 0 Å². The first-order valence-corrected chi connectivity index (χ1v) is 7.22. The van der Waals surface area contributed by atoms with Gasteiger partial charge < -0.3 is 0 Å². The summed E-state index contributed by atoms with van der Waals surface area (Å²) in [5.41, 5.74) is 0.732. The number of halogens is 1. The van der Waals surface area contributed by atoms with E-state index in [1.165, 1.54) is 11.6 Å². The number of rotatable bonds is 3. The lowest BCUT2D eigenvalue weighted by molar-refractivity contribution is 0.678. The highest BCUT2D eigenvalue weighted by Crippen LogP contribution is 2.18. The van der Waals surface area contributed by atoms with E-state index >= 15 is 0 Å². The van der Waals surface area contributed by atoms with Crippen LogP contribution in [0.3, 0.4) is 0 Å². The van der Waals surface area contributed by atoms with Crippen LogP contribution in [0.25, 0.3) is 6.08 Å². The standard InChI is InChI=1S/C13H11ClN2OS/c14-12-6-2-1-5-11(12)8-10-18(15,17)13-7-3-4-9-16-13/h1-10,15H/b10-8+. The number of hydrogen-bond acceptors (Lipinski definition) is 3. The number of hydrogen-bond donors (Lipinski definition) is 1. The number of aromatic nitrogens is 1. The third-order valence-electron chi connectivity index (χ3n) is 2.29. The first kappa shape index (κ1) is 12.8. The number of pyridine rings is 1. The molecule has 1 aromatic heterocycles. The molecule has 1 atom stereocenters. The number of nitrogens with one attached hydrogen (secondary N) is 1. The Kier molecular flexibility index (Phi) is 3.79. The van der Waals surface area contributed by atoms with Gasteiger partial charge in [0.25, 0.3) is 0 Å². The van der Waals surface area contributed by atoms with Crippen LogP contribution in [0.1, 0.15) is 5.56 Å². The van der Waals surface area contributed by atoms with E-state index in [0.717, 1.165) is 5.56 Å². The van der Waals surface area contributed by atoms with Gasteiger partial charge in [-0.05, 0) is 29.8 Å². The molecule has 1 aromatic carbocycles. The predicted octanol–water partition coefficient (Wildman–Crippen LogP) is 3.81. The normalized spacial score (nSPS) is 14.5. The van der Waals surface area contributed by atoms with Crippen LogP contribution in [0.5, 0.6) is 0 Å². The third-order valence-corrected chi connectivity index (χ3v) is 4.02. The van der Waals surface area contributed by atoms with Crippen molar-refractivity contribution in [2.24, 2.45) is 0 Å². The molecule has 92 valence electrons. The lowest BCUT2D eigenvalue weighted by atomic mass is 10.2. The monoisotopic (exact) mass is 278 g/mol. The molecule has 0 spiro atoms. The fraction of sp³-hybridized carbons (Fsp3) is 0. The van der Waals surface area contributed by atoms with Crippen LogP contribution in [-0.4, -0.2) is 9.19 Å². The summed E-state index contributed by atoms with van der Waals surface area (Å²) in [6.07, 6.45) is 3.11. The highest BCUT2D eigenvalue weighted by molar-refractivity contribution is 7.95. The second-order valence-electron chi connectivity index (χ2n) is 3.59. The van der Waals surface area contributed by atoms with Crippen LogP contribution >= 0.6 is 11.6 Å². The molecule has 18 heavy (non-hydrogen) atoms. The van der Waals surface area contributed by atoms with E-state index in [-0.39, 0.29) is 5.03 Å². The maximum Gasteiger partial charge on any atom is 0.139 e. The Morgan fingerprint density at radius 1 is 1.17 bits per heavy atom. The fourth-order valence-corrected chi connectivity index (χ4v) is 2.55. The van der Waals surface area contributed by atoms with Crippen molar-refractivity contribution >= 4 is 27.4 Å². The van der Waals surface area contributed by atoms with Crippen molar-refractivity contribution in [1.29, 1.82) is 4.78 Å². The second-order valence-corrected chi connectivity index (χ2v) is 5.89. The van der Waals surface area contributed by atoms with E-state index in [0.29, 0.717) is 5.02 Å². The zero-order chi connectivity index (χ0) is 13.0. The summed E-state index contributed by atoms with van der Waals surface area (Å²) in [5.74, 6) is 0. The van der Waals surface area contributed by atoms with Gasteiger partial charge in [-0.3, -0.25) is 0 Å². The molecular weight excluding hydrogens is 268 g/mol. The largest absolute Gasteiger partial charge is 0.246 e. The molecule has 1 N–H and O–H groups in total. The van der Waals surface area contributed by atoms with Crippen LogP contribution in [0.2, 0.25) is 5.02 Å². The lowest BCUT2D eigenvalue weighted by Gasteiger charge is -2.01. The summed E-state index contributed by atoms with van der Waals surface area (Å²) in [4.78, 5) is 3.94. The van der Waals surface area contributed by atoms with Gasteiger partial charge in [0.05, 0.1) is 0 Å². The fourth-order valence-electron chi connectivity index (χ4n) is 1.38. The molecule has 0 bridgehead atoms. The molecule has 3 nitrogen and oxygen atoms in total. The van der Waals surface area contributed by atoms with E-state index < -0.39 is 9.73 Å². The van der Waals surface area contributed by atoms with Crippen molar-refractivity contribution in [3.63, 3.8) is 0 Å². The van der Waals surface area contributed by atoms with Crippen LogP contribution in [0.4, 0.5) is 0 Å². The van der Waals surface area contributed by atoms with Gasteiger partial charge in [0.2, 0.25) is 0 Å². The zero-order valence-corrected chi connectivity index (χ0v) is 11.0. The Hall–Kier alpha value is -1.65. The van der Waals surface area contributed by atoms with E-state index in [2.05, 4.69) is 4.98 Å². The SMILES string of the molecule is N=S(=O)(/C=C/c1ccccc1Cl)c1ccccn1. The van der Waals surface area contributed by atoms with Gasteiger partial charge in [-0.25, -0.2) is 14.0 Å². The minimum atomic E-state index is -3.03. The Balaban J connectivity index is 2.32. The van der Waals surface area contributed by atoms with Crippen molar-refractivity contribution < 1.29 is 4.21 Å². The van der Waals surface area contributed by atoms with Crippen molar-refractivity contribution in [1.82, 2.24) is 4.98 Å². The summed E-state index contributed by atoms with van der Waals surface area (Å²) in [7, 11) is -3.03. The second kappa shape index (κ2) is 5.33. The van der Waals surface area contributed by atoms with Crippen molar-refractivity contribution in [3.05, 3.63) is 64.7 Å². The van der Waals surface area contributed by atoms with Crippen LogP contribution in [-0.2, 0) is 9.73 Å². The smallest absolute Gasteiger partial charge is 0.139 e. The molecular formula is C13H11ClN2OS. The van der Waals surface area contributed by atoms with Crippen molar-refractivity contribution in [3.8, 4) is 0 Å². The summed E-state index contributed by atoms with van der Waals surface area (Å²) < 4.78 is 20.0. The topological polar surface area (TPSA) is 53.8 Å². The lowest BCUT2D eigenvalue weighted by Crippen LogP contribution is -1.96. The molecule has 0 fully saturated rings. The van der Waals surface area contributed by atoms with Crippen LogP contribution in [0, 0.1) is 4.78 Å². The maximum atomic E-state index is 12.1. The first-order chi connectivity index (χ1) is 8.59. The highest BCUT2D eigenvalue weighted by atomic mass is 35.5. The minimum Gasteiger partial charge on any atom is -0.246 e. The van der Waals surface area contributed by atoms with Gasteiger partial charge in [-0.15, -0.1) is 0 Å². The molecule has 0 aliphatic rings. The Labute approximate surface area is 111 Å². The summed E-state index contributed by atoms with van der Waals surface area (Å²) in [6.45, 7) is 0. The number of nitrogens with zero attached hydrogens (tertiary/aromatic N) is 1. The van der Waals surface area contributed by atoms with Crippen molar-refractivity contribution in [2.45, 2.75) is 5.03 Å². The number of benzene rings is 1. The van der Waals surface area contributed by atoms with E-state index in [9.17, 15) is 4.21 Å². The molecule has 0 amide bonds. The van der Waals surface area contributed by atoms with E-state index in [1.807, 2.05) is 12.1 Å². The van der Waals surface area contributed by atoms with Gasteiger partial charge in [0, 0.05) is 16.6 Å². The van der Waals surface area contributed by atoms with Gasteiger partial charge in [0.1, 0.15) is 14.8 Å². The van der Waals surface area contributed by atoms with E-state index in [4.69, 9.17) is 16.4 Å². The molecule has 0 saturated carbocycles. The average molecular weight is 279 g/mol. The zero-order valence-electron chi connectivity index (χ0n) is 9.42. The third kappa shape index (κ3) is 2.97. The molecule has 0 saturated heterocycles. The Morgan fingerprint density at radius 3 is 2.56 bits per heavy atom. The van der Waals surface area contributed by atoms with Gasteiger partial charge in [-0.2, -0.15) is 0 Å². The minimum absolute atomic E-state index is 0.244. The Morgan fingerprint density at radius 2 is 1.89 bits per heavy atom. The molecule has 1 unspecified atom stereocenters. The predicted molar refractivity (Wildman–Crippen MR) is 73.9 cm³/mol. The van der Waals surface area contributed by atoms with Crippen molar-refractivity contribution in [2.75, 3.05) is 0 Å². The summed E-state index contributed by atoms with van der Waals surface area (Å²) in [6, 6.07) is 12.2.